The minimum absolute atomic E-state index is 0.155. The van der Waals surface area contributed by atoms with Crippen LogP contribution in [0.1, 0.15) is 31.2 Å². The van der Waals surface area contributed by atoms with Crippen molar-refractivity contribution in [2.75, 3.05) is 13.7 Å². The number of rotatable bonds is 6. The Hall–Kier alpha value is -0.130. The first-order valence-corrected chi connectivity index (χ1v) is 7.50. The number of hydrogen-bond acceptors (Lipinski definition) is 4. The number of halogens is 1. The monoisotopic (exact) mass is 289 g/mol. The van der Waals surface area contributed by atoms with Crippen LogP contribution in [-0.4, -0.2) is 32.0 Å². The van der Waals surface area contributed by atoms with Gasteiger partial charge >= 0.3 is 0 Å². The fourth-order valence-corrected chi connectivity index (χ4v) is 3.47. The first kappa shape index (κ1) is 14.3. The molecule has 1 N–H and O–H groups in total. The number of nitrogens with one attached hydrogen (secondary N) is 1. The van der Waals surface area contributed by atoms with Gasteiger partial charge in [-0.1, -0.05) is 11.6 Å². The van der Waals surface area contributed by atoms with Crippen molar-refractivity contribution in [3.8, 4) is 0 Å². The molecule has 3 nitrogen and oxygen atoms in total. The summed E-state index contributed by atoms with van der Waals surface area (Å²) in [7, 11) is 1.75. The van der Waals surface area contributed by atoms with Gasteiger partial charge in [0.1, 0.15) is 0 Å². The molecular weight excluding hydrogens is 270 g/mol. The maximum absolute atomic E-state index is 5.96. The Balaban J connectivity index is 1.87. The van der Waals surface area contributed by atoms with E-state index in [4.69, 9.17) is 21.1 Å². The Morgan fingerprint density at radius 3 is 2.89 bits per heavy atom. The van der Waals surface area contributed by atoms with Gasteiger partial charge in [0.25, 0.3) is 0 Å². The molecule has 0 aliphatic heterocycles. The van der Waals surface area contributed by atoms with Crippen molar-refractivity contribution in [2.24, 2.45) is 0 Å². The zero-order valence-electron chi connectivity index (χ0n) is 11.0. The summed E-state index contributed by atoms with van der Waals surface area (Å²) in [6.07, 6.45) is 1.40. The molecular formula is C13H20ClNO2S. The Morgan fingerprint density at radius 1 is 1.56 bits per heavy atom. The molecule has 4 unspecified atom stereocenters. The SMILES string of the molecule is CCOC1CC(NC(C)c2ccc(Cl)s2)C1OC. The molecule has 1 aromatic rings. The lowest BCUT2D eigenvalue weighted by atomic mass is 9.84. The molecule has 2 rings (SSSR count). The maximum atomic E-state index is 5.96. The van der Waals surface area contributed by atoms with E-state index < -0.39 is 0 Å². The average Bonchev–Trinajstić information content (AvgIpc) is 2.74. The van der Waals surface area contributed by atoms with Crippen LogP contribution in [0.15, 0.2) is 12.1 Å². The van der Waals surface area contributed by atoms with Gasteiger partial charge in [-0.2, -0.15) is 0 Å². The highest BCUT2D eigenvalue weighted by Gasteiger charge is 2.42. The lowest BCUT2D eigenvalue weighted by Crippen LogP contribution is -2.60. The van der Waals surface area contributed by atoms with Gasteiger partial charge < -0.3 is 14.8 Å². The third kappa shape index (κ3) is 3.06. The minimum atomic E-state index is 0.155. The molecule has 0 bridgehead atoms. The highest BCUT2D eigenvalue weighted by molar-refractivity contribution is 7.16. The Morgan fingerprint density at radius 2 is 2.33 bits per heavy atom. The van der Waals surface area contributed by atoms with Crippen molar-refractivity contribution in [3.05, 3.63) is 21.3 Å². The summed E-state index contributed by atoms with van der Waals surface area (Å²) < 4.78 is 12.0. The van der Waals surface area contributed by atoms with Crippen molar-refractivity contribution in [2.45, 2.75) is 44.6 Å². The first-order valence-electron chi connectivity index (χ1n) is 6.31. The van der Waals surface area contributed by atoms with Crippen molar-refractivity contribution in [1.29, 1.82) is 0 Å². The van der Waals surface area contributed by atoms with E-state index in [9.17, 15) is 0 Å². The topological polar surface area (TPSA) is 30.5 Å². The Kier molecular flexibility index (Phi) is 5.04. The second kappa shape index (κ2) is 6.35. The van der Waals surface area contributed by atoms with E-state index in [1.807, 2.05) is 13.0 Å². The first-order chi connectivity index (χ1) is 8.65. The summed E-state index contributed by atoms with van der Waals surface area (Å²) in [5, 5.41) is 3.58. The van der Waals surface area contributed by atoms with E-state index in [0.717, 1.165) is 17.4 Å². The van der Waals surface area contributed by atoms with E-state index in [2.05, 4.69) is 18.3 Å². The van der Waals surface area contributed by atoms with Gasteiger partial charge in [0, 0.05) is 30.7 Å². The lowest BCUT2D eigenvalue weighted by Gasteiger charge is -2.44. The number of hydrogen-bond donors (Lipinski definition) is 1. The molecule has 102 valence electrons. The van der Waals surface area contributed by atoms with Crippen LogP contribution < -0.4 is 5.32 Å². The summed E-state index contributed by atoms with van der Waals surface area (Å²) in [5.74, 6) is 0. The van der Waals surface area contributed by atoms with E-state index in [-0.39, 0.29) is 12.2 Å². The van der Waals surface area contributed by atoms with Gasteiger partial charge in [-0.15, -0.1) is 11.3 Å². The molecule has 1 fully saturated rings. The summed E-state index contributed by atoms with van der Waals surface area (Å²) >= 11 is 7.58. The van der Waals surface area contributed by atoms with Crippen LogP contribution in [0.4, 0.5) is 0 Å². The van der Waals surface area contributed by atoms with Gasteiger partial charge in [0.15, 0.2) is 0 Å². The summed E-state index contributed by atoms with van der Waals surface area (Å²) in [6, 6.07) is 4.68. The van der Waals surface area contributed by atoms with Gasteiger partial charge in [-0.3, -0.25) is 0 Å². The molecule has 0 saturated heterocycles. The van der Waals surface area contributed by atoms with Gasteiger partial charge in [0.2, 0.25) is 0 Å². The summed E-state index contributed by atoms with van der Waals surface area (Å²) in [4.78, 5) is 1.26. The molecule has 0 amide bonds. The van der Waals surface area contributed by atoms with Gasteiger partial charge in [-0.25, -0.2) is 0 Å². The molecule has 5 heteroatoms. The summed E-state index contributed by atoms with van der Waals surface area (Å²) in [5.41, 5.74) is 0. The third-order valence-electron chi connectivity index (χ3n) is 3.39. The van der Waals surface area contributed by atoms with Gasteiger partial charge in [0.05, 0.1) is 16.5 Å². The van der Waals surface area contributed by atoms with Gasteiger partial charge in [-0.05, 0) is 32.4 Å². The fourth-order valence-electron chi connectivity index (χ4n) is 2.40. The molecule has 0 radical (unpaired) electrons. The van der Waals surface area contributed by atoms with E-state index >= 15 is 0 Å². The average molecular weight is 290 g/mol. The smallest absolute Gasteiger partial charge is 0.0987 e. The van der Waals surface area contributed by atoms with E-state index in [1.165, 1.54) is 4.88 Å². The van der Waals surface area contributed by atoms with E-state index in [1.54, 1.807) is 18.4 Å². The minimum Gasteiger partial charge on any atom is -0.377 e. The molecule has 1 saturated carbocycles. The van der Waals surface area contributed by atoms with Crippen LogP contribution in [0.2, 0.25) is 4.34 Å². The number of thiophene rings is 1. The molecule has 0 aromatic carbocycles. The van der Waals surface area contributed by atoms with Crippen LogP contribution in [0.25, 0.3) is 0 Å². The standard InChI is InChI=1S/C13H20ClNO2S/c1-4-17-10-7-9(13(10)16-3)15-8(2)11-5-6-12(14)18-11/h5-6,8-10,13,15H,4,7H2,1-3H3. The summed E-state index contributed by atoms with van der Waals surface area (Å²) in [6.45, 7) is 4.92. The second-order valence-corrected chi connectivity index (χ2v) is 6.31. The van der Waals surface area contributed by atoms with Crippen LogP contribution in [0, 0.1) is 0 Å². The van der Waals surface area contributed by atoms with Crippen molar-refractivity contribution < 1.29 is 9.47 Å². The molecule has 18 heavy (non-hydrogen) atoms. The lowest BCUT2D eigenvalue weighted by molar-refractivity contribution is -0.132. The third-order valence-corrected chi connectivity index (χ3v) is 4.80. The predicted octanol–water partition coefficient (Wildman–Crippen LogP) is 3.24. The molecule has 1 aromatic heterocycles. The number of methoxy groups -OCH3 is 1. The van der Waals surface area contributed by atoms with Crippen LogP contribution in [0.3, 0.4) is 0 Å². The molecule has 4 atom stereocenters. The van der Waals surface area contributed by atoms with Crippen molar-refractivity contribution in [3.63, 3.8) is 0 Å². The normalized spacial score (nSPS) is 29.0. The van der Waals surface area contributed by atoms with Crippen LogP contribution >= 0.6 is 22.9 Å². The molecule has 1 heterocycles. The highest BCUT2D eigenvalue weighted by Crippen LogP contribution is 2.31. The Labute approximate surface area is 117 Å². The van der Waals surface area contributed by atoms with Crippen LogP contribution in [0.5, 0.6) is 0 Å². The zero-order chi connectivity index (χ0) is 13.1. The number of ether oxygens (including phenoxy) is 2. The van der Waals surface area contributed by atoms with Crippen molar-refractivity contribution >= 4 is 22.9 Å². The largest absolute Gasteiger partial charge is 0.377 e. The Bertz CT molecular complexity index is 385. The highest BCUT2D eigenvalue weighted by atomic mass is 35.5. The zero-order valence-corrected chi connectivity index (χ0v) is 12.6. The fraction of sp³-hybridized carbons (Fsp3) is 0.692. The molecule has 1 aliphatic carbocycles. The molecule has 0 spiro atoms. The van der Waals surface area contributed by atoms with E-state index in [0.29, 0.717) is 12.1 Å². The van der Waals surface area contributed by atoms with Crippen LogP contribution in [-0.2, 0) is 9.47 Å². The molecule has 1 aliphatic rings. The maximum Gasteiger partial charge on any atom is 0.0987 e. The van der Waals surface area contributed by atoms with Crippen molar-refractivity contribution in [1.82, 2.24) is 5.32 Å². The predicted molar refractivity (Wildman–Crippen MR) is 75.5 cm³/mol. The second-order valence-electron chi connectivity index (χ2n) is 4.57. The quantitative estimate of drug-likeness (QED) is 0.872.